The second kappa shape index (κ2) is 3.01. The average molecular weight is 202 g/mol. The van der Waals surface area contributed by atoms with Crippen molar-refractivity contribution in [3.63, 3.8) is 0 Å². The van der Waals surface area contributed by atoms with E-state index < -0.39 is 0 Å². The molecule has 4 heteroatoms. The van der Waals surface area contributed by atoms with Crippen LogP contribution in [0.2, 0.25) is 0 Å². The Labute approximate surface area is 76.9 Å². The molecular formula is C7H4ClNS2. The molecule has 0 aliphatic rings. The lowest BCUT2D eigenvalue weighted by Crippen LogP contribution is -1.67. The number of fused-ring (bicyclic) bond motifs is 1. The maximum atomic E-state index is 5.60. The topological polar surface area (TPSA) is 12.9 Å². The van der Waals surface area contributed by atoms with E-state index in [0.29, 0.717) is 0 Å². The second-order valence-electron chi connectivity index (χ2n) is 2.06. The summed E-state index contributed by atoms with van der Waals surface area (Å²) < 4.78 is 1.19. The zero-order valence-corrected chi connectivity index (χ0v) is 7.84. The van der Waals surface area contributed by atoms with Gasteiger partial charge < -0.3 is 0 Å². The zero-order chi connectivity index (χ0) is 7.68. The van der Waals surface area contributed by atoms with Crippen LogP contribution >= 0.6 is 33.0 Å². The summed E-state index contributed by atoms with van der Waals surface area (Å²) in [5.41, 5.74) is 2.89. The van der Waals surface area contributed by atoms with Crippen LogP contribution in [0.4, 0.5) is 0 Å². The molecule has 11 heavy (non-hydrogen) atoms. The van der Waals surface area contributed by atoms with Gasteiger partial charge in [-0.05, 0) is 39.9 Å². The quantitative estimate of drug-likeness (QED) is 0.700. The van der Waals surface area contributed by atoms with Crippen molar-refractivity contribution in [2.45, 2.75) is 4.90 Å². The molecule has 0 radical (unpaired) electrons. The molecule has 0 spiro atoms. The first kappa shape index (κ1) is 7.40. The van der Waals surface area contributed by atoms with E-state index in [-0.39, 0.29) is 0 Å². The van der Waals surface area contributed by atoms with Gasteiger partial charge in [0.05, 0.1) is 15.7 Å². The molecule has 1 aromatic heterocycles. The van der Waals surface area contributed by atoms with Gasteiger partial charge in [-0.15, -0.1) is 11.3 Å². The van der Waals surface area contributed by atoms with Crippen LogP contribution in [-0.4, -0.2) is 4.98 Å². The van der Waals surface area contributed by atoms with Crippen LogP contribution in [0.25, 0.3) is 10.2 Å². The van der Waals surface area contributed by atoms with E-state index in [1.807, 2.05) is 23.7 Å². The minimum Gasteiger partial charge on any atom is -0.245 e. The highest BCUT2D eigenvalue weighted by molar-refractivity contribution is 8.21. The first-order valence-corrected chi connectivity index (χ1v) is 5.54. The molecule has 0 aliphatic carbocycles. The van der Waals surface area contributed by atoms with E-state index in [1.54, 1.807) is 11.3 Å². The fourth-order valence-corrected chi connectivity index (χ4v) is 2.24. The Morgan fingerprint density at radius 2 is 2.36 bits per heavy atom. The Morgan fingerprint density at radius 1 is 1.45 bits per heavy atom. The highest BCUT2D eigenvalue weighted by atomic mass is 35.7. The minimum absolute atomic E-state index is 1.05. The van der Waals surface area contributed by atoms with Gasteiger partial charge in [-0.1, -0.05) is 0 Å². The summed E-state index contributed by atoms with van der Waals surface area (Å²) in [4.78, 5) is 5.23. The second-order valence-corrected chi connectivity index (χ2v) is 4.03. The number of hydrogen-bond donors (Lipinski definition) is 0. The Balaban J connectivity index is 2.67. The first-order valence-electron chi connectivity index (χ1n) is 3.02. The molecule has 0 fully saturated rings. The monoisotopic (exact) mass is 201 g/mol. The summed E-state index contributed by atoms with van der Waals surface area (Å²) in [5.74, 6) is 0. The number of halogens is 1. The van der Waals surface area contributed by atoms with Crippen molar-refractivity contribution in [1.29, 1.82) is 0 Å². The van der Waals surface area contributed by atoms with E-state index in [2.05, 4.69) is 4.98 Å². The maximum Gasteiger partial charge on any atom is 0.0812 e. The summed E-state index contributed by atoms with van der Waals surface area (Å²) in [5, 5.41) is 0. The number of nitrogens with zero attached hydrogens (tertiary/aromatic N) is 1. The van der Waals surface area contributed by atoms with Gasteiger partial charge in [0.25, 0.3) is 0 Å². The standard InChI is InChI=1S/C7H4ClNS2/c8-11-5-1-2-6-7(3-5)10-4-9-6/h1-4H. The molecule has 1 nitrogen and oxygen atoms in total. The van der Waals surface area contributed by atoms with Crippen LogP contribution in [0.5, 0.6) is 0 Å². The lowest BCUT2D eigenvalue weighted by atomic mass is 10.3. The van der Waals surface area contributed by atoms with E-state index in [9.17, 15) is 0 Å². The number of benzene rings is 1. The molecule has 0 aliphatic heterocycles. The summed E-state index contributed by atoms with van der Waals surface area (Å²) in [7, 11) is 6.83. The molecule has 2 aromatic rings. The van der Waals surface area contributed by atoms with Crippen molar-refractivity contribution < 1.29 is 0 Å². The van der Waals surface area contributed by atoms with E-state index in [4.69, 9.17) is 10.7 Å². The highest BCUT2D eigenvalue weighted by Gasteiger charge is 1.97. The molecule has 0 bridgehead atoms. The van der Waals surface area contributed by atoms with Gasteiger partial charge >= 0.3 is 0 Å². The molecule has 0 N–H and O–H groups in total. The Bertz CT molecular complexity index is 371. The Kier molecular flexibility index (Phi) is 2.02. The molecule has 0 unspecified atom stereocenters. The molecular weight excluding hydrogens is 198 g/mol. The molecule has 1 aromatic carbocycles. The van der Waals surface area contributed by atoms with Gasteiger partial charge in [0.15, 0.2) is 0 Å². The predicted octanol–water partition coefficient (Wildman–Crippen LogP) is 3.54. The van der Waals surface area contributed by atoms with Crippen LogP contribution < -0.4 is 0 Å². The molecule has 0 saturated heterocycles. The molecule has 56 valence electrons. The normalized spacial score (nSPS) is 10.6. The molecule has 0 atom stereocenters. The smallest absolute Gasteiger partial charge is 0.0812 e. The fourth-order valence-electron chi connectivity index (χ4n) is 0.883. The predicted molar refractivity (Wildman–Crippen MR) is 51.3 cm³/mol. The molecule has 1 heterocycles. The highest BCUT2D eigenvalue weighted by Crippen LogP contribution is 2.27. The van der Waals surface area contributed by atoms with Gasteiger partial charge in [0.1, 0.15) is 0 Å². The van der Waals surface area contributed by atoms with E-state index in [0.717, 1.165) is 10.4 Å². The van der Waals surface area contributed by atoms with Crippen molar-refractivity contribution in [2.24, 2.45) is 0 Å². The maximum absolute atomic E-state index is 5.60. The van der Waals surface area contributed by atoms with Gasteiger partial charge in [-0.25, -0.2) is 4.98 Å². The molecule has 0 amide bonds. The van der Waals surface area contributed by atoms with Crippen LogP contribution in [0.1, 0.15) is 0 Å². The fraction of sp³-hybridized carbons (Fsp3) is 0. The third-order valence-corrected chi connectivity index (χ3v) is 3.15. The van der Waals surface area contributed by atoms with Crippen molar-refractivity contribution in [3.05, 3.63) is 23.7 Å². The molecule has 2 rings (SSSR count). The van der Waals surface area contributed by atoms with Crippen LogP contribution in [0, 0.1) is 0 Å². The third-order valence-electron chi connectivity index (χ3n) is 1.39. The van der Waals surface area contributed by atoms with Gasteiger partial charge in [-0.2, -0.15) is 0 Å². The van der Waals surface area contributed by atoms with Gasteiger partial charge in [-0.3, -0.25) is 0 Å². The van der Waals surface area contributed by atoms with E-state index >= 15 is 0 Å². The first-order chi connectivity index (χ1) is 5.40. The summed E-state index contributed by atoms with van der Waals surface area (Å²) in [6, 6.07) is 6.00. The van der Waals surface area contributed by atoms with Gasteiger partial charge in [0.2, 0.25) is 0 Å². The average Bonchev–Trinajstić information content (AvgIpc) is 2.50. The lowest BCUT2D eigenvalue weighted by Gasteiger charge is -1.91. The van der Waals surface area contributed by atoms with Crippen molar-refractivity contribution in [2.75, 3.05) is 0 Å². The van der Waals surface area contributed by atoms with Gasteiger partial charge in [0, 0.05) is 4.90 Å². The number of rotatable bonds is 1. The molecule has 0 saturated carbocycles. The van der Waals surface area contributed by atoms with Crippen LogP contribution in [-0.2, 0) is 0 Å². The van der Waals surface area contributed by atoms with Crippen LogP contribution in [0.15, 0.2) is 28.6 Å². The number of aromatic nitrogens is 1. The third kappa shape index (κ3) is 1.36. The Morgan fingerprint density at radius 3 is 3.18 bits per heavy atom. The number of thiazole rings is 1. The largest absolute Gasteiger partial charge is 0.245 e. The lowest BCUT2D eigenvalue weighted by molar-refractivity contribution is 1.46. The zero-order valence-electron chi connectivity index (χ0n) is 5.45. The van der Waals surface area contributed by atoms with Crippen molar-refractivity contribution >= 4 is 43.2 Å². The summed E-state index contributed by atoms with van der Waals surface area (Å²) in [6.45, 7) is 0. The Hall–Kier alpha value is -0.250. The number of hydrogen-bond acceptors (Lipinski definition) is 3. The summed E-state index contributed by atoms with van der Waals surface area (Å²) in [6.07, 6.45) is 0. The van der Waals surface area contributed by atoms with Crippen molar-refractivity contribution in [1.82, 2.24) is 4.98 Å². The SMILES string of the molecule is ClSc1ccc2ncsc2c1. The van der Waals surface area contributed by atoms with Crippen LogP contribution in [0.3, 0.4) is 0 Å². The van der Waals surface area contributed by atoms with E-state index in [1.165, 1.54) is 15.7 Å². The summed E-state index contributed by atoms with van der Waals surface area (Å²) >= 11 is 1.63. The minimum atomic E-state index is 1.05. The van der Waals surface area contributed by atoms with Crippen molar-refractivity contribution in [3.8, 4) is 0 Å².